The maximum Gasteiger partial charge on any atom is 0.266 e. The number of rotatable bonds is 3. The zero-order valence-corrected chi connectivity index (χ0v) is 15.8. The summed E-state index contributed by atoms with van der Waals surface area (Å²) >= 11 is 0. The first-order valence-electron chi connectivity index (χ1n) is 9.54. The van der Waals surface area contributed by atoms with Gasteiger partial charge in [-0.05, 0) is 43.5 Å². The number of imide groups is 1. The van der Waals surface area contributed by atoms with Crippen LogP contribution < -0.4 is 14.5 Å². The van der Waals surface area contributed by atoms with Crippen molar-refractivity contribution < 1.29 is 23.1 Å². The lowest BCUT2D eigenvalue weighted by Crippen LogP contribution is -2.39. The van der Waals surface area contributed by atoms with E-state index < -0.39 is 29.0 Å². The van der Waals surface area contributed by atoms with Gasteiger partial charge in [0.15, 0.2) is 5.82 Å². The minimum atomic E-state index is -0.751. The molecule has 2 amide bonds. The Labute approximate surface area is 166 Å². The van der Waals surface area contributed by atoms with E-state index in [1.165, 1.54) is 18.2 Å². The number of anilines is 2. The molecule has 2 aliphatic heterocycles. The van der Waals surface area contributed by atoms with Crippen molar-refractivity contribution in [3.63, 3.8) is 0 Å². The Morgan fingerprint density at radius 1 is 1.07 bits per heavy atom. The summed E-state index contributed by atoms with van der Waals surface area (Å²) in [4.78, 5) is 28.3. The molecule has 5 nitrogen and oxygen atoms in total. The van der Waals surface area contributed by atoms with Crippen LogP contribution in [0.5, 0.6) is 5.75 Å². The quantitative estimate of drug-likeness (QED) is 0.721. The Morgan fingerprint density at radius 3 is 2.48 bits per heavy atom. The molecule has 2 aromatic rings. The number of fused-ring (bicyclic) bond motifs is 2. The number of ether oxygens (including phenoxy) is 1. The largest absolute Gasteiger partial charge is 0.479 e. The Bertz CT molecular complexity index is 1110. The van der Waals surface area contributed by atoms with Gasteiger partial charge in [0.2, 0.25) is 0 Å². The van der Waals surface area contributed by atoms with Gasteiger partial charge in [0.25, 0.3) is 11.8 Å². The van der Waals surface area contributed by atoms with Crippen LogP contribution in [0.3, 0.4) is 0 Å². The van der Waals surface area contributed by atoms with Crippen molar-refractivity contribution in [2.75, 3.05) is 16.3 Å². The number of halogens is 2. The normalized spacial score (nSPS) is 18.8. The smallest absolute Gasteiger partial charge is 0.266 e. The standard InChI is InChI=1S/C22H18F2N2O3/c1-3-8-25-12(2)22(6-7-22)29-19-10-16(24)17(11-18(19)25)26-20(27)14-5-4-13(23)9-15(14)21(26)28/h4-5,9-11H,2-3,6-8H2,1H3. The first-order chi connectivity index (χ1) is 13.9. The minimum Gasteiger partial charge on any atom is -0.479 e. The number of hydrogen-bond acceptors (Lipinski definition) is 4. The van der Waals surface area contributed by atoms with Crippen LogP contribution in [-0.2, 0) is 0 Å². The van der Waals surface area contributed by atoms with Gasteiger partial charge in [-0.25, -0.2) is 13.7 Å². The van der Waals surface area contributed by atoms with Crippen molar-refractivity contribution in [3.8, 4) is 5.75 Å². The molecule has 148 valence electrons. The molecule has 1 fully saturated rings. The highest BCUT2D eigenvalue weighted by atomic mass is 19.1. The van der Waals surface area contributed by atoms with Crippen molar-refractivity contribution in [2.45, 2.75) is 31.8 Å². The molecule has 0 aromatic heterocycles. The van der Waals surface area contributed by atoms with E-state index in [-0.39, 0.29) is 16.8 Å². The maximum atomic E-state index is 15.0. The summed E-state index contributed by atoms with van der Waals surface area (Å²) in [5, 5.41) is 0. The number of carbonyl (C=O) groups is 2. The summed E-state index contributed by atoms with van der Waals surface area (Å²) in [6, 6.07) is 6.00. The highest BCUT2D eigenvalue weighted by Gasteiger charge is 2.53. The number of hydrogen-bond donors (Lipinski definition) is 0. The van der Waals surface area contributed by atoms with Gasteiger partial charge in [-0.1, -0.05) is 13.5 Å². The highest BCUT2D eigenvalue weighted by Crippen LogP contribution is 2.54. The summed E-state index contributed by atoms with van der Waals surface area (Å²) in [5.41, 5.74) is 0.678. The van der Waals surface area contributed by atoms with Gasteiger partial charge in [0.1, 0.15) is 17.2 Å². The molecule has 3 aliphatic rings. The second kappa shape index (κ2) is 5.89. The van der Waals surface area contributed by atoms with Crippen molar-refractivity contribution in [1.82, 2.24) is 0 Å². The molecule has 0 bridgehead atoms. The summed E-state index contributed by atoms with van der Waals surface area (Å²) < 4.78 is 34.6. The second-order valence-electron chi connectivity index (χ2n) is 7.60. The van der Waals surface area contributed by atoms with Gasteiger partial charge < -0.3 is 9.64 Å². The number of carbonyl (C=O) groups excluding carboxylic acids is 2. The second-order valence-corrected chi connectivity index (χ2v) is 7.60. The van der Waals surface area contributed by atoms with Crippen molar-refractivity contribution >= 4 is 23.2 Å². The van der Waals surface area contributed by atoms with Gasteiger partial charge in [-0.3, -0.25) is 9.59 Å². The van der Waals surface area contributed by atoms with Crippen LogP contribution in [-0.4, -0.2) is 24.0 Å². The minimum absolute atomic E-state index is 0.0523. The predicted molar refractivity (Wildman–Crippen MR) is 103 cm³/mol. The topological polar surface area (TPSA) is 49.9 Å². The van der Waals surface area contributed by atoms with E-state index in [1.54, 1.807) is 0 Å². The van der Waals surface area contributed by atoms with E-state index in [1.807, 2.05) is 11.8 Å². The van der Waals surface area contributed by atoms with Crippen LogP contribution in [0.15, 0.2) is 42.6 Å². The molecule has 0 unspecified atom stereocenters. The number of benzene rings is 2. The van der Waals surface area contributed by atoms with Crippen LogP contribution in [0.4, 0.5) is 20.2 Å². The van der Waals surface area contributed by atoms with Gasteiger partial charge in [-0.15, -0.1) is 0 Å². The fourth-order valence-electron chi connectivity index (χ4n) is 4.07. The molecule has 2 aromatic carbocycles. The van der Waals surface area contributed by atoms with Crippen LogP contribution in [0, 0.1) is 11.6 Å². The Kier molecular flexibility index (Phi) is 3.62. The van der Waals surface area contributed by atoms with Crippen LogP contribution in [0.25, 0.3) is 0 Å². The molecule has 1 saturated carbocycles. The average molecular weight is 396 g/mol. The molecular weight excluding hydrogens is 378 g/mol. The lowest BCUT2D eigenvalue weighted by Gasteiger charge is -2.39. The Hall–Kier alpha value is -3.22. The van der Waals surface area contributed by atoms with Crippen LogP contribution >= 0.6 is 0 Å². The number of amides is 2. The molecule has 0 N–H and O–H groups in total. The Balaban J connectivity index is 1.62. The van der Waals surface area contributed by atoms with Crippen molar-refractivity contribution in [1.29, 1.82) is 0 Å². The van der Waals surface area contributed by atoms with Crippen LogP contribution in [0.2, 0.25) is 0 Å². The lowest BCUT2D eigenvalue weighted by atomic mass is 10.1. The summed E-state index contributed by atoms with van der Waals surface area (Å²) in [7, 11) is 0. The molecule has 1 spiro atoms. The van der Waals surface area contributed by atoms with E-state index in [2.05, 4.69) is 6.58 Å². The molecule has 29 heavy (non-hydrogen) atoms. The zero-order chi connectivity index (χ0) is 20.5. The van der Waals surface area contributed by atoms with Gasteiger partial charge in [-0.2, -0.15) is 0 Å². The zero-order valence-electron chi connectivity index (χ0n) is 15.8. The molecule has 0 radical (unpaired) electrons. The molecule has 0 atom stereocenters. The molecule has 0 saturated heterocycles. The van der Waals surface area contributed by atoms with E-state index in [4.69, 9.17) is 4.74 Å². The fraction of sp³-hybridized carbons (Fsp3) is 0.273. The van der Waals surface area contributed by atoms with Gasteiger partial charge >= 0.3 is 0 Å². The summed E-state index contributed by atoms with van der Waals surface area (Å²) in [5.74, 6) is -2.45. The van der Waals surface area contributed by atoms with Gasteiger partial charge in [0.05, 0.1) is 28.2 Å². The van der Waals surface area contributed by atoms with E-state index in [0.717, 1.165) is 42.0 Å². The predicted octanol–water partition coefficient (Wildman–Crippen LogP) is 4.42. The monoisotopic (exact) mass is 396 g/mol. The SMILES string of the molecule is C=C1N(CCC)c2cc(N3C(=O)c4ccc(F)cc4C3=O)c(F)cc2OC12CC2. The van der Waals surface area contributed by atoms with Crippen molar-refractivity contribution in [2.24, 2.45) is 0 Å². The maximum absolute atomic E-state index is 15.0. The third kappa shape index (κ3) is 2.43. The fourth-order valence-corrected chi connectivity index (χ4v) is 4.07. The number of nitrogens with zero attached hydrogens (tertiary/aromatic N) is 2. The molecular formula is C22H18F2N2O3. The Morgan fingerprint density at radius 2 is 1.79 bits per heavy atom. The molecule has 1 aliphatic carbocycles. The summed E-state index contributed by atoms with van der Waals surface area (Å²) in [6.45, 7) is 6.84. The average Bonchev–Trinajstić information content (AvgIpc) is 3.42. The highest BCUT2D eigenvalue weighted by molar-refractivity contribution is 6.34. The van der Waals surface area contributed by atoms with E-state index in [9.17, 15) is 14.0 Å². The third-order valence-corrected chi connectivity index (χ3v) is 5.72. The van der Waals surface area contributed by atoms with E-state index in [0.29, 0.717) is 18.0 Å². The van der Waals surface area contributed by atoms with Gasteiger partial charge in [0, 0.05) is 12.6 Å². The summed E-state index contributed by atoms with van der Waals surface area (Å²) in [6.07, 6.45) is 2.46. The van der Waals surface area contributed by atoms with Crippen molar-refractivity contribution in [3.05, 3.63) is 65.4 Å². The first kappa shape index (κ1) is 17.8. The first-order valence-corrected chi connectivity index (χ1v) is 9.54. The third-order valence-electron chi connectivity index (χ3n) is 5.72. The van der Waals surface area contributed by atoms with Crippen LogP contribution in [0.1, 0.15) is 46.9 Å². The molecule has 7 heteroatoms. The molecule has 5 rings (SSSR count). The molecule has 2 heterocycles. The van der Waals surface area contributed by atoms with E-state index >= 15 is 4.39 Å². The lowest BCUT2D eigenvalue weighted by molar-refractivity contribution is 0.0924.